The zero-order chi connectivity index (χ0) is 12.4. The van der Waals surface area contributed by atoms with Crippen LogP contribution in [0.25, 0.3) is 10.9 Å². The Kier molecular flexibility index (Phi) is 3.35. The van der Waals surface area contributed by atoms with E-state index in [1.54, 1.807) is 0 Å². The number of aromatic amines is 1. The third-order valence-electron chi connectivity index (χ3n) is 3.94. The van der Waals surface area contributed by atoms with Gasteiger partial charge in [0.25, 0.3) is 0 Å². The van der Waals surface area contributed by atoms with Gasteiger partial charge in [-0.15, -0.1) is 0 Å². The summed E-state index contributed by atoms with van der Waals surface area (Å²) >= 11 is 0. The molecule has 0 amide bonds. The molecule has 1 aromatic heterocycles. The maximum Gasteiger partial charge on any atom is 0.0471 e. The molecule has 18 heavy (non-hydrogen) atoms. The molecule has 1 unspecified atom stereocenters. The highest BCUT2D eigenvalue weighted by molar-refractivity contribution is 5.82. The first-order valence-corrected chi connectivity index (χ1v) is 6.75. The van der Waals surface area contributed by atoms with Crippen molar-refractivity contribution < 1.29 is 5.11 Å². The molecule has 2 aromatic rings. The Bertz CT molecular complexity index is 520. The van der Waals surface area contributed by atoms with Gasteiger partial charge in [0.2, 0.25) is 0 Å². The molecule has 2 heterocycles. The summed E-state index contributed by atoms with van der Waals surface area (Å²) in [7, 11) is 0. The predicted octanol–water partition coefficient (Wildman–Crippen LogP) is 2.37. The fraction of sp³-hybridized carbons (Fsp3) is 0.467. The second kappa shape index (κ2) is 5.12. The summed E-state index contributed by atoms with van der Waals surface area (Å²) < 4.78 is 0. The molecule has 1 aliphatic heterocycles. The molecule has 2 N–H and O–H groups in total. The van der Waals surface area contributed by atoms with Gasteiger partial charge in [0.1, 0.15) is 0 Å². The van der Waals surface area contributed by atoms with E-state index in [1.807, 2.05) is 6.20 Å². The standard InChI is InChI=1S/C15H20N2O/c18-11-12-3-2-8-17(9-12)10-13-4-1-5-15-14(13)6-7-16-15/h1,4-7,12,16,18H,2-3,8-11H2. The number of H-pyrrole nitrogens is 1. The molecule has 1 aliphatic rings. The third-order valence-corrected chi connectivity index (χ3v) is 3.94. The van der Waals surface area contributed by atoms with Crippen molar-refractivity contribution in [3.8, 4) is 0 Å². The summed E-state index contributed by atoms with van der Waals surface area (Å²) in [6.07, 6.45) is 4.37. The number of aliphatic hydroxyl groups excluding tert-OH is 1. The zero-order valence-electron chi connectivity index (χ0n) is 10.6. The lowest BCUT2D eigenvalue weighted by Crippen LogP contribution is -2.36. The van der Waals surface area contributed by atoms with E-state index in [-0.39, 0.29) is 0 Å². The summed E-state index contributed by atoms with van der Waals surface area (Å²) in [5, 5.41) is 10.6. The Morgan fingerprint density at radius 3 is 3.17 bits per heavy atom. The van der Waals surface area contributed by atoms with Gasteiger partial charge in [0, 0.05) is 36.8 Å². The van der Waals surface area contributed by atoms with Crippen LogP contribution in [0.15, 0.2) is 30.5 Å². The van der Waals surface area contributed by atoms with E-state index >= 15 is 0 Å². The van der Waals surface area contributed by atoms with Crippen molar-refractivity contribution in [2.45, 2.75) is 19.4 Å². The Hall–Kier alpha value is -1.32. The molecule has 3 heteroatoms. The van der Waals surface area contributed by atoms with Crippen molar-refractivity contribution in [2.75, 3.05) is 19.7 Å². The Balaban J connectivity index is 1.77. The van der Waals surface area contributed by atoms with Crippen molar-refractivity contribution in [3.63, 3.8) is 0 Å². The molecule has 0 saturated carbocycles. The van der Waals surface area contributed by atoms with E-state index < -0.39 is 0 Å². The summed E-state index contributed by atoms with van der Waals surface area (Å²) in [6, 6.07) is 8.59. The van der Waals surface area contributed by atoms with Gasteiger partial charge >= 0.3 is 0 Å². The number of aromatic nitrogens is 1. The topological polar surface area (TPSA) is 39.3 Å². The van der Waals surface area contributed by atoms with Crippen LogP contribution >= 0.6 is 0 Å². The first-order valence-electron chi connectivity index (χ1n) is 6.75. The number of nitrogens with one attached hydrogen (secondary N) is 1. The minimum absolute atomic E-state index is 0.324. The van der Waals surface area contributed by atoms with Gasteiger partial charge in [0.15, 0.2) is 0 Å². The lowest BCUT2D eigenvalue weighted by Gasteiger charge is -2.31. The fourth-order valence-corrected chi connectivity index (χ4v) is 2.97. The van der Waals surface area contributed by atoms with Crippen LogP contribution in [0.4, 0.5) is 0 Å². The van der Waals surface area contributed by atoms with Crippen molar-refractivity contribution in [3.05, 3.63) is 36.0 Å². The van der Waals surface area contributed by atoms with E-state index in [4.69, 9.17) is 0 Å². The quantitative estimate of drug-likeness (QED) is 0.870. The summed E-state index contributed by atoms with van der Waals surface area (Å²) in [5.74, 6) is 0.462. The second-order valence-corrected chi connectivity index (χ2v) is 5.28. The maximum atomic E-state index is 9.28. The number of benzene rings is 1. The minimum atomic E-state index is 0.324. The summed E-state index contributed by atoms with van der Waals surface area (Å²) in [5.41, 5.74) is 2.59. The second-order valence-electron chi connectivity index (χ2n) is 5.28. The fourth-order valence-electron chi connectivity index (χ4n) is 2.97. The first-order chi connectivity index (χ1) is 8.86. The number of nitrogens with zero attached hydrogens (tertiary/aromatic N) is 1. The van der Waals surface area contributed by atoms with Crippen molar-refractivity contribution >= 4 is 10.9 Å². The third kappa shape index (κ3) is 2.28. The van der Waals surface area contributed by atoms with Gasteiger partial charge in [-0.3, -0.25) is 4.90 Å². The first kappa shape index (κ1) is 11.8. The van der Waals surface area contributed by atoms with Crippen molar-refractivity contribution in [1.82, 2.24) is 9.88 Å². The normalized spacial score (nSPS) is 21.5. The number of piperidine rings is 1. The van der Waals surface area contributed by atoms with E-state index in [9.17, 15) is 5.11 Å². The van der Waals surface area contributed by atoms with Crippen LogP contribution in [0.5, 0.6) is 0 Å². The summed E-state index contributed by atoms with van der Waals surface area (Å²) in [4.78, 5) is 5.72. The average Bonchev–Trinajstić information content (AvgIpc) is 2.88. The highest BCUT2D eigenvalue weighted by atomic mass is 16.3. The molecule has 0 radical (unpaired) electrons. The predicted molar refractivity (Wildman–Crippen MR) is 73.4 cm³/mol. The largest absolute Gasteiger partial charge is 0.396 e. The lowest BCUT2D eigenvalue weighted by atomic mass is 9.98. The van der Waals surface area contributed by atoms with Crippen LogP contribution in [0.2, 0.25) is 0 Å². The molecule has 1 fully saturated rings. The van der Waals surface area contributed by atoms with E-state index in [1.165, 1.54) is 29.3 Å². The minimum Gasteiger partial charge on any atom is -0.396 e. The van der Waals surface area contributed by atoms with Crippen LogP contribution < -0.4 is 0 Å². The molecule has 0 bridgehead atoms. The number of rotatable bonds is 3. The Morgan fingerprint density at radius 1 is 1.33 bits per heavy atom. The molecule has 1 atom stereocenters. The number of hydrogen-bond donors (Lipinski definition) is 2. The van der Waals surface area contributed by atoms with Gasteiger partial charge in [-0.05, 0) is 43.0 Å². The van der Waals surface area contributed by atoms with Gasteiger partial charge < -0.3 is 10.1 Å². The SMILES string of the molecule is OCC1CCCN(Cc2cccc3[nH]ccc23)C1. The maximum absolute atomic E-state index is 9.28. The van der Waals surface area contributed by atoms with Crippen LogP contribution in [-0.2, 0) is 6.54 Å². The molecule has 3 nitrogen and oxygen atoms in total. The van der Waals surface area contributed by atoms with Gasteiger partial charge in [-0.1, -0.05) is 12.1 Å². The number of likely N-dealkylation sites (tertiary alicyclic amines) is 1. The lowest BCUT2D eigenvalue weighted by molar-refractivity contribution is 0.116. The smallest absolute Gasteiger partial charge is 0.0471 e. The van der Waals surface area contributed by atoms with E-state index in [2.05, 4.69) is 34.1 Å². The van der Waals surface area contributed by atoms with Crippen LogP contribution in [0.1, 0.15) is 18.4 Å². The molecule has 96 valence electrons. The van der Waals surface area contributed by atoms with Crippen molar-refractivity contribution in [1.29, 1.82) is 0 Å². The molecule has 1 saturated heterocycles. The van der Waals surface area contributed by atoms with Crippen LogP contribution in [0.3, 0.4) is 0 Å². The molecule has 0 aliphatic carbocycles. The Morgan fingerprint density at radius 2 is 2.28 bits per heavy atom. The van der Waals surface area contributed by atoms with Gasteiger partial charge in [-0.2, -0.15) is 0 Å². The molecule has 3 rings (SSSR count). The highest BCUT2D eigenvalue weighted by Crippen LogP contribution is 2.22. The molecular formula is C15H20N2O. The number of aliphatic hydroxyl groups is 1. The van der Waals surface area contributed by atoms with Crippen LogP contribution in [0, 0.1) is 5.92 Å². The van der Waals surface area contributed by atoms with Crippen LogP contribution in [-0.4, -0.2) is 34.7 Å². The van der Waals surface area contributed by atoms with E-state index in [0.717, 1.165) is 19.6 Å². The molecular weight excluding hydrogens is 224 g/mol. The highest BCUT2D eigenvalue weighted by Gasteiger charge is 2.19. The Labute approximate surface area is 107 Å². The molecule has 0 spiro atoms. The zero-order valence-corrected chi connectivity index (χ0v) is 10.6. The monoisotopic (exact) mass is 244 g/mol. The van der Waals surface area contributed by atoms with E-state index in [0.29, 0.717) is 12.5 Å². The summed E-state index contributed by atoms with van der Waals surface area (Å²) in [6.45, 7) is 3.49. The van der Waals surface area contributed by atoms with Gasteiger partial charge in [-0.25, -0.2) is 0 Å². The van der Waals surface area contributed by atoms with Crippen molar-refractivity contribution in [2.24, 2.45) is 5.92 Å². The number of hydrogen-bond acceptors (Lipinski definition) is 2. The average molecular weight is 244 g/mol. The number of fused-ring (bicyclic) bond motifs is 1. The molecule has 1 aromatic carbocycles. The van der Waals surface area contributed by atoms with Gasteiger partial charge in [0.05, 0.1) is 0 Å².